The van der Waals surface area contributed by atoms with Gasteiger partial charge in [0.15, 0.2) is 5.58 Å². The van der Waals surface area contributed by atoms with Crippen molar-refractivity contribution in [2.75, 3.05) is 18.0 Å². The number of carboxylic acid groups (broad SMARTS) is 1. The number of hydrogen-bond acceptors (Lipinski definition) is 4. The first-order chi connectivity index (χ1) is 10.3. The van der Waals surface area contributed by atoms with E-state index in [1.165, 1.54) is 4.90 Å². The lowest BCUT2D eigenvalue weighted by molar-refractivity contribution is -0.130. The van der Waals surface area contributed by atoms with Crippen molar-refractivity contribution in [3.8, 4) is 0 Å². The normalized spacial score (nSPS) is 18.0. The Hall–Kier alpha value is -2.77. The van der Waals surface area contributed by atoms with E-state index in [9.17, 15) is 19.5 Å². The molecule has 8 nitrogen and oxygen atoms in total. The molecule has 8 heteroatoms. The van der Waals surface area contributed by atoms with E-state index in [4.69, 9.17) is 4.42 Å². The largest absolute Gasteiger partial charge is 0.465 e. The molecule has 1 saturated heterocycles. The minimum absolute atomic E-state index is 0.212. The lowest BCUT2D eigenvalue weighted by atomic mass is 9.97. The second-order valence-electron chi connectivity index (χ2n) is 5.65. The number of piperazine rings is 1. The maximum Gasteiger partial charge on any atom is 0.417 e. The summed E-state index contributed by atoms with van der Waals surface area (Å²) in [6, 6.07) is 4.94. The van der Waals surface area contributed by atoms with Crippen LogP contribution in [0.5, 0.6) is 0 Å². The molecule has 0 aliphatic carbocycles. The van der Waals surface area contributed by atoms with Crippen LogP contribution in [0, 0.1) is 0 Å². The third-order valence-electron chi connectivity index (χ3n) is 3.94. The number of carbonyl (C=O) groups is 2. The van der Waals surface area contributed by atoms with E-state index in [0.717, 1.165) is 4.90 Å². The monoisotopic (exact) mass is 305 g/mol. The van der Waals surface area contributed by atoms with Gasteiger partial charge in [-0.05, 0) is 26.0 Å². The number of nitrogens with one attached hydrogen (secondary N) is 1. The Balaban J connectivity index is 1.99. The average molecular weight is 305 g/mol. The van der Waals surface area contributed by atoms with Crippen LogP contribution in [0.2, 0.25) is 0 Å². The molecule has 2 amide bonds. The highest BCUT2D eigenvalue weighted by Gasteiger charge is 2.44. The maximum atomic E-state index is 12.6. The zero-order valence-corrected chi connectivity index (χ0v) is 12.1. The SMILES string of the molecule is CC1(C)C(=O)N(c2ccc3[nH]c(=O)oc3c2)CCN1C(=O)O. The van der Waals surface area contributed by atoms with Crippen LogP contribution in [-0.2, 0) is 4.79 Å². The fourth-order valence-electron chi connectivity index (χ4n) is 2.71. The number of rotatable bonds is 1. The van der Waals surface area contributed by atoms with Gasteiger partial charge in [-0.2, -0.15) is 0 Å². The van der Waals surface area contributed by atoms with Crippen LogP contribution in [0.4, 0.5) is 10.5 Å². The molecule has 1 aliphatic rings. The standard InChI is InChI=1S/C14H15N3O5/c1-14(2)11(18)16(5-6-17(14)13(20)21)8-3-4-9-10(7-8)22-12(19)15-9/h3-4,7H,5-6H2,1-2H3,(H,15,19)(H,20,21). The van der Waals surface area contributed by atoms with Gasteiger partial charge in [0.2, 0.25) is 0 Å². The van der Waals surface area contributed by atoms with Crippen molar-refractivity contribution in [3.63, 3.8) is 0 Å². The molecule has 1 fully saturated rings. The van der Waals surface area contributed by atoms with E-state index in [1.807, 2.05) is 0 Å². The molecule has 0 spiro atoms. The van der Waals surface area contributed by atoms with Gasteiger partial charge in [-0.25, -0.2) is 9.59 Å². The first kappa shape index (κ1) is 14.2. The number of hydrogen-bond donors (Lipinski definition) is 2. The van der Waals surface area contributed by atoms with Crippen molar-refractivity contribution in [2.45, 2.75) is 19.4 Å². The van der Waals surface area contributed by atoms with E-state index >= 15 is 0 Å². The number of anilines is 1. The zero-order valence-electron chi connectivity index (χ0n) is 12.1. The van der Waals surface area contributed by atoms with Gasteiger partial charge in [0.1, 0.15) is 5.54 Å². The number of fused-ring (bicyclic) bond motifs is 1. The van der Waals surface area contributed by atoms with Crippen molar-refractivity contribution >= 4 is 28.8 Å². The van der Waals surface area contributed by atoms with Gasteiger partial charge in [0, 0.05) is 24.8 Å². The van der Waals surface area contributed by atoms with Crippen molar-refractivity contribution in [1.29, 1.82) is 0 Å². The summed E-state index contributed by atoms with van der Waals surface area (Å²) in [7, 11) is 0. The number of benzene rings is 1. The highest BCUT2D eigenvalue weighted by atomic mass is 16.4. The number of carbonyl (C=O) groups excluding carboxylic acids is 1. The molecular formula is C14H15N3O5. The third kappa shape index (κ3) is 2.03. The number of oxazole rings is 1. The van der Waals surface area contributed by atoms with Crippen molar-refractivity contribution < 1.29 is 19.1 Å². The highest BCUT2D eigenvalue weighted by Crippen LogP contribution is 2.28. The Morgan fingerprint density at radius 2 is 2.05 bits per heavy atom. The summed E-state index contributed by atoms with van der Waals surface area (Å²) in [6.45, 7) is 3.60. The van der Waals surface area contributed by atoms with Crippen molar-refractivity contribution in [2.24, 2.45) is 0 Å². The molecule has 0 bridgehead atoms. The predicted molar refractivity (Wildman–Crippen MR) is 78.0 cm³/mol. The van der Waals surface area contributed by atoms with E-state index in [2.05, 4.69) is 4.98 Å². The summed E-state index contributed by atoms with van der Waals surface area (Å²) < 4.78 is 4.99. The number of aromatic nitrogens is 1. The van der Waals surface area contributed by atoms with E-state index < -0.39 is 17.4 Å². The van der Waals surface area contributed by atoms with Gasteiger partial charge in [-0.15, -0.1) is 0 Å². The van der Waals surface area contributed by atoms with E-state index in [-0.39, 0.29) is 19.0 Å². The quantitative estimate of drug-likeness (QED) is 0.824. The first-order valence-electron chi connectivity index (χ1n) is 6.76. The Morgan fingerprint density at radius 3 is 2.73 bits per heavy atom. The first-order valence-corrected chi connectivity index (χ1v) is 6.76. The molecule has 1 aliphatic heterocycles. The van der Waals surface area contributed by atoms with Crippen LogP contribution in [0.15, 0.2) is 27.4 Å². The van der Waals surface area contributed by atoms with Crippen molar-refractivity contribution in [1.82, 2.24) is 9.88 Å². The summed E-state index contributed by atoms with van der Waals surface area (Å²) >= 11 is 0. The Morgan fingerprint density at radius 1 is 1.32 bits per heavy atom. The molecule has 3 rings (SSSR count). The maximum absolute atomic E-state index is 12.6. The average Bonchev–Trinajstić information content (AvgIpc) is 2.80. The number of H-pyrrole nitrogens is 1. The van der Waals surface area contributed by atoms with Crippen molar-refractivity contribution in [3.05, 3.63) is 28.7 Å². The summed E-state index contributed by atoms with van der Waals surface area (Å²) in [5.41, 5.74) is 0.314. The number of aromatic amines is 1. The van der Waals surface area contributed by atoms with Crippen LogP contribution in [0.3, 0.4) is 0 Å². The Bertz CT molecular complexity index is 819. The summed E-state index contributed by atoms with van der Waals surface area (Å²) in [5.74, 6) is -0.882. The zero-order chi connectivity index (χ0) is 16.1. The molecule has 2 heterocycles. The molecule has 1 aromatic carbocycles. The molecule has 1 aromatic heterocycles. The molecule has 0 atom stereocenters. The molecule has 22 heavy (non-hydrogen) atoms. The molecular weight excluding hydrogens is 290 g/mol. The highest BCUT2D eigenvalue weighted by molar-refractivity contribution is 6.03. The fourth-order valence-corrected chi connectivity index (χ4v) is 2.71. The molecule has 116 valence electrons. The van der Waals surface area contributed by atoms with Crippen LogP contribution in [0.1, 0.15) is 13.8 Å². The van der Waals surface area contributed by atoms with Gasteiger partial charge < -0.3 is 14.4 Å². The smallest absolute Gasteiger partial charge is 0.417 e. The van der Waals surface area contributed by atoms with Gasteiger partial charge >= 0.3 is 11.8 Å². The lowest BCUT2D eigenvalue weighted by Crippen LogP contribution is -2.64. The molecule has 0 saturated carbocycles. The van der Waals surface area contributed by atoms with Crippen LogP contribution >= 0.6 is 0 Å². The summed E-state index contributed by atoms with van der Waals surface area (Å²) in [4.78, 5) is 40.2. The van der Waals surface area contributed by atoms with E-state index in [0.29, 0.717) is 16.8 Å². The number of amides is 2. The van der Waals surface area contributed by atoms with Gasteiger partial charge in [0.05, 0.1) is 5.52 Å². The Kier molecular flexibility index (Phi) is 2.98. The molecule has 0 unspecified atom stereocenters. The number of nitrogens with zero attached hydrogens (tertiary/aromatic N) is 2. The fraction of sp³-hybridized carbons (Fsp3) is 0.357. The summed E-state index contributed by atoms with van der Waals surface area (Å²) in [6.07, 6.45) is -1.12. The van der Waals surface area contributed by atoms with Crippen LogP contribution in [-0.4, -0.2) is 45.6 Å². The van der Waals surface area contributed by atoms with E-state index in [1.54, 1.807) is 32.0 Å². The lowest BCUT2D eigenvalue weighted by Gasteiger charge is -2.44. The second kappa shape index (κ2) is 4.62. The minimum Gasteiger partial charge on any atom is -0.465 e. The van der Waals surface area contributed by atoms with Crippen LogP contribution < -0.4 is 10.7 Å². The molecule has 2 aromatic rings. The Labute approximate surface area is 124 Å². The van der Waals surface area contributed by atoms with Gasteiger partial charge in [-0.1, -0.05) is 0 Å². The van der Waals surface area contributed by atoms with Gasteiger partial charge in [0.25, 0.3) is 5.91 Å². The second-order valence-corrected chi connectivity index (χ2v) is 5.65. The minimum atomic E-state index is -1.15. The van der Waals surface area contributed by atoms with Crippen LogP contribution in [0.25, 0.3) is 11.1 Å². The topological polar surface area (TPSA) is 107 Å². The molecule has 0 radical (unpaired) electrons. The predicted octanol–water partition coefficient (Wildman–Crippen LogP) is 1.23. The third-order valence-corrected chi connectivity index (χ3v) is 3.94. The molecule has 2 N–H and O–H groups in total. The van der Waals surface area contributed by atoms with Gasteiger partial charge in [-0.3, -0.25) is 14.7 Å². The summed E-state index contributed by atoms with van der Waals surface area (Å²) in [5, 5.41) is 9.19.